The van der Waals surface area contributed by atoms with E-state index in [-0.39, 0.29) is 80.6 Å². The first-order chi connectivity index (χ1) is 30.9. The third-order valence-electron chi connectivity index (χ3n) is 6.30. The van der Waals surface area contributed by atoms with Crippen LogP contribution in [0.1, 0.15) is 43.5 Å². The number of esters is 1. The molecule has 0 radical (unpaired) electrons. The summed E-state index contributed by atoms with van der Waals surface area (Å²) >= 11 is 6.73. The number of nitrogen functional groups attached to an aromatic ring is 4. The quantitative estimate of drug-likeness (QED) is 0.0149. The van der Waals surface area contributed by atoms with Gasteiger partial charge in [-0.15, -0.1) is 56.7 Å². The molecule has 5 aromatic heterocycles. The van der Waals surface area contributed by atoms with Crippen molar-refractivity contribution in [3.63, 3.8) is 0 Å². The number of anilines is 4. The number of hydrogen-bond acceptors (Lipinski definition) is 31. The molecule has 33 heteroatoms. The number of fused-ring (bicyclic) bond motifs is 1. The Bertz CT molecular complexity index is 2750. The largest absolute Gasteiger partial charge is 1.00 e. The molecule has 26 nitrogen and oxygen atoms in total. The molecule has 1 aromatic carbocycles. The zero-order valence-corrected chi connectivity index (χ0v) is 40.9. The minimum Gasteiger partial charge on any atom is -0.543 e. The summed E-state index contributed by atoms with van der Waals surface area (Å²) in [7, 11) is 0. The molecule has 0 atom stereocenters. The number of nitrogens with zero attached hydrogens (tertiary/aromatic N) is 9. The number of oxime groups is 4. The molecule has 0 aliphatic rings. The Hall–Kier alpha value is -6.52. The topological polar surface area (TPSA) is 432 Å². The maximum absolute atomic E-state index is 12.5. The number of thiazole rings is 5. The molecule has 0 aliphatic carbocycles. The van der Waals surface area contributed by atoms with Gasteiger partial charge < -0.3 is 62.8 Å². The van der Waals surface area contributed by atoms with Crippen LogP contribution < -0.4 is 57.6 Å². The number of carboxylic acid groups (broad SMARTS) is 2. The molecule has 6 rings (SSSR count). The van der Waals surface area contributed by atoms with Crippen LogP contribution in [0.4, 0.5) is 20.5 Å². The number of carbonyl (C=O) groups excluding carboxylic acids is 5. The third-order valence-corrected chi connectivity index (χ3v) is 11.0. The SMILES string of the molecule is CC(=O)O/N=C(\C(=O)O)c1csc(N)n1.CC(=O)O/N=C(\C(=O)Sc1nc2ccccc2s1)c1csc(N)n1.CCOC(=O)/C(=N\O)c1csc(N)n1.Nc1nc(/C(=N/O)C(=O)[O-])cs1.[Na+]. The van der Waals surface area contributed by atoms with E-state index in [1.165, 1.54) is 45.7 Å². The standard InChI is InChI=1S/C14H10N4O3S3.C7H7N3O4S.C7H9N3O3S.C5H5N3O3S.Na/c1-7(19)21-18-11(9-6-22-13(15)16-9)12(20)24-14-17-8-4-2-3-5-10(8)23-14;1-3(11)14-10-5(6(12)13)4-2-15-7(8)9-4;1-2-13-6(11)5(10-12)4-3-14-7(8)9-4;6-5-7-2(1-12-5)3(8-11)4(9)10;/h2-6H,1H3,(H2,15,16);2H,1H3,(H2,8,9)(H,12,13);3,12H,2H2,1H3,(H2,8,9);1,11H,(H2,6,7)(H,9,10);/q;;;;+1/p-1/b18-11-;2*10-5-;8-3-;. The van der Waals surface area contributed by atoms with Gasteiger partial charge in [0, 0.05) is 35.4 Å². The van der Waals surface area contributed by atoms with Gasteiger partial charge in [-0.3, -0.25) is 4.79 Å². The van der Waals surface area contributed by atoms with Crippen molar-refractivity contribution in [1.29, 1.82) is 0 Å². The maximum atomic E-state index is 12.5. The third kappa shape index (κ3) is 17.8. The van der Waals surface area contributed by atoms with E-state index < -0.39 is 46.4 Å². The smallest absolute Gasteiger partial charge is 0.543 e. The number of ether oxygens (including phenoxy) is 1. The molecule has 342 valence electrons. The molecule has 0 bridgehead atoms. The van der Waals surface area contributed by atoms with Gasteiger partial charge in [0.2, 0.25) is 16.5 Å². The molecular weight excluding hydrogens is 1000 g/mol. The number of carbonyl (C=O) groups is 6. The first-order valence-corrected chi connectivity index (χ1v) is 22.0. The van der Waals surface area contributed by atoms with E-state index in [1.54, 1.807) is 12.3 Å². The van der Waals surface area contributed by atoms with Crippen molar-refractivity contribution in [3.8, 4) is 0 Å². The number of para-hydroxylation sites is 1. The molecule has 0 spiro atoms. The zero-order valence-electron chi connectivity index (χ0n) is 34.0. The van der Waals surface area contributed by atoms with Crippen LogP contribution in [0, 0.1) is 0 Å². The van der Waals surface area contributed by atoms with Gasteiger partial charge in [-0.1, -0.05) is 32.8 Å². The summed E-state index contributed by atoms with van der Waals surface area (Å²) in [6.45, 7) is 4.17. The fourth-order valence-electron chi connectivity index (χ4n) is 3.80. The summed E-state index contributed by atoms with van der Waals surface area (Å²) in [6.07, 6.45) is 0. The predicted molar refractivity (Wildman–Crippen MR) is 239 cm³/mol. The summed E-state index contributed by atoms with van der Waals surface area (Å²) < 4.78 is 6.20. The van der Waals surface area contributed by atoms with Gasteiger partial charge >= 0.3 is 53.4 Å². The van der Waals surface area contributed by atoms with Gasteiger partial charge in [-0.2, -0.15) is 0 Å². The Kier molecular flexibility index (Phi) is 23.4. The van der Waals surface area contributed by atoms with Crippen molar-refractivity contribution < 1.29 is 93.4 Å². The van der Waals surface area contributed by atoms with Crippen molar-refractivity contribution >= 4 is 157 Å². The van der Waals surface area contributed by atoms with E-state index >= 15 is 0 Å². The average Bonchev–Trinajstić information content (AvgIpc) is 4.10. The van der Waals surface area contributed by atoms with Crippen molar-refractivity contribution in [2.75, 3.05) is 29.5 Å². The molecule has 0 amide bonds. The van der Waals surface area contributed by atoms with E-state index in [0.29, 0.717) is 14.6 Å². The molecule has 5 heterocycles. The number of thioether (sulfide) groups is 1. The Balaban J connectivity index is 0.000000314. The van der Waals surface area contributed by atoms with Crippen LogP contribution in [-0.4, -0.2) is 105 Å². The van der Waals surface area contributed by atoms with E-state index in [1.807, 2.05) is 24.3 Å². The van der Waals surface area contributed by atoms with Gasteiger partial charge in [0.15, 0.2) is 36.3 Å². The van der Waals surface area contributed by atoms with Crippen LogP contribution in [0.3, 0.4) is 0 Å². The first-order valence-electron chi connectivity index (χ1n) is 16.9. The predicted octanol–water partition coefficient (Wildman–Crippen LogP) is -0.878. The van der Waals surface area contributed by atoms with E-state index in [0.717, 1.165) is 62.9 Å². The van der Waals surface area contributed by atoms with Crippen LogP contribution in [0.25, 0.3) is 10.2 Å². The second kappa shape index (κ2) is 27.7. The first kappa shape index (κ1) is 55.6. The Morgan fingerprint density at radius 3 is 1.48 bits per heavy atom. The zero-order chi connectivity index (χ0) is 48.2. The summed E-state index contributed by atoms with van der Waals surface area (Å²) in [5, 5.41) is 54.4. The summed E-state index contributed by atoms with van der Waals surface area (Å²) in [6, 6.07) is 7.58. The minimum absolute atomic E-state index is 0. The van der Waals surface area contributed by atoms with Crippen LogP contribution >= 0.6 is 68.4 Å². The Morgan fingerprint density at radius 1 is 0.682 bits per heavy atom. The van der Waals surface area contributed by atoms with Gasteiger partial charge in [0.25, 0.3) is 0 Å². The monoisotopic (exact) mass is 1030 g/mol. The second-order valence-electron chi connectivity index (χ2n) is 10.9. The fraction of sp³-hybridized carbons (Fsp3) is 0.121. The Labute approximate surface area is 416 Å². The number of aliphatic carboxylic acids is 2. The summed E-state index contributed by atoms with van der Waals surface area (Å²) in [5.41, 5.74) is 21.5. The molecule has 0 fully saturated rings. The number of rotatable bonds is 12. The van der Waals surface area contributed by atoms with Crippen molar-refractivity contribution in [1.82, 2.24) is 24.9 Å². The molecule has 6 aromatic rings. The molecule has 11 N–H and O–H groups in total. The number of nitrogens with two attached hydrogens (primary N) is 4. The van der Waals surface area contributed by atoms with E-state index in [4.69, 9.17) is 38.5 Å². The Morgan fingerprint density at radius 2 is 1.11 bits per heavy atom. The van der Waals surface area contributed by atoms with Crippen molar-refractivity contribution in [2.45, 2.75) is 25.1 Å². The average molecular weight is 1030 g/mol. The normalized spacial score (nSPS) is 11.3. The summed E-state index contributed by atoms with van der Waals surface area (Å²) in [5.74, 6) is -5.00. The molecule has 0 saturated heterocycles. The second-order valence-corrected chi connectivity index (χ2v) is 16.7. The molecule has 0 saturated carbocycles. The molecule has 66 heavy (non-hydrogen) atoms. The van der Waals surface area contributed by atoms with E-state index in [2.05, 4.69) is 60.0 Å². The van der Waals surface area contributed by atoms with E-state index in [9.17, 15) is 33.9 Å². The number of carboxylic acids is 2. The minimum atomic E-state index is -1.59. The molecule has 0 unspecified atom stereocenters. The van der Waals surface area contributed by atoms with Crippen LogP contribution in [0.5, 0.6) is 0 Å². The molecule has 0 aliphatic heterocycles. The summed E-state index contributed by atoms with van der Waals surface area (Å²) in [4.78, 5) is 94.5. The van der Waals surface area contributed by atoms with Crippen LogP contribution in [0.15, 0.2) is 70.7 Å². The van der Waals surface area contributed by atoms with Crippen LogP contribution in [0.2, 0.25) is 0 Å². The van der Waals surface area contributed by atoms with Gasteiger partial charge in [-0.25, -0.2) is 44.1 Å². The maximum Gasteiger partial charge on any atom is 1.00 e. The number of hydrogen-bond donors (Lipinski definition) is 7. The van der Waals surface area contributed by atoms with Crippen molar-refractivity contribution in [3.05, 3.63) is 68.6 Å². The van der Waals surface area contributed by atoms with Gasteiger partial charge in [-0.05, 0) is 30.8 Å². The number of benzene rings is 1. The van der Waals surface area contributed by atoms with Gasteiger partial charge in [0.1, 0.15) is 22.8 Å². The molecular formula is C33H30N13NaO13S6. The van der Waals surface area contributed by atoms with Crippen molar-refractivity contribution in [2.24, 2.45) is 20.6 Å². The fourth-order valence-corrected chi connectivity index (χ4v) is 7.90. The number of aromatic nitrogens is 5. The van der Waals surface area contributed by atoms with Crippen LogP contribution in [-0.2, 0) is 43.2 Å². The van der Waals surface area contributed by atoms with Gasteiger partial charge in [0.05, 0.1) is 22.8 Å².